The van der Waals surface area contributed by atoms with E-state index in [1.165, 1.54) is 0 Å². The van der Waals surface area contributed by atoms with Gasteiger partial charge in [-0.05, 0) is 37.1 Å². The lowest BCUT2D eigenvalue weighted by Crippen LogP contribution is -2.46. The number of nitrogens with one attached hydrogen (secondary N) is 2. The van der Waals surface area contributed by atoms with Gasteiger partial charge < -0.3 is 10.6 Å². The Hall–Kier alpha value is -0.770. The zero-order valence-corrected chi connectivity index (χ0v) is 11.7. The summed E-state index contributed by atoms with van der Waals surface area (Å²) < 4.78 is 0. The minimum Gasteiger partial charge on any atom is -0.352 e. The summed E-state index contributed by atoms with van der Waals surface area (Å²) in [5.74, 6) is 0.0703. The number of hydrogen-bond acceptors (Lipinski definition) is 2. The number of piperidine rings is 1. The van der Waals surface area contributed by atoms with Gasteiger partial charge in [0.25, 0.3) is 0 Å². The second-order valence-electron chi connectivity index (χ2n) is 4.42. The summed E-state index contributed by atoms with van der Waals surface area (Å²) in [6.45, 7) is 1.93. The molecule has 18 heavy (non-hydrogen) atoms. The zero-order chi connectivity index (χ0) is 12.1. The van der Waals surface area contributed by atoms with Gasteiger partial charge >= 0.3 is 0 Å². The molecule has 3 nitrogen and oxygen atoms in total. The minimum atomic E-state index is 0. The van der Waals surface area contributed by atoms with Gasteiger partial charge in [0.05, 0.1) is 6.42 Å². The van der Waals surface area contributed by atoms with E-state index in [2.05, 4.69) is 10.6 Å². The van der Waals surface area contributed by atoms with E-state index in [0.29, 0.717) is 11.4 Å². The molecular formula is C13H18Cl2N2O. The summed E-state index contributed by atoms with van der Waals surface area (Å²) in [5, 5.41) is 7.00. The summed E-state index contributed by atoms with van der Waals surface area (Å²) in [5.41, 5.74) is 0.957. The van der Waals surface area contributed by atoms with E-state index in [4.69, 9.17) is 11.6 Å². The fraction of sp³-hybridized carbons (Fsp3) is 0.462. The molecule has 1 aromatic carbocycles. The summed E-state index contributed by atoms with van der Waals surface area (Å²) >= 11 is 5.88. The SMILES string of the molecule is Cl.O=C(Cc1cccc(Cl)c1)NC1CCCNC1. The van der Waals surface area contributed by atoms with E-state index in [-0.39, 0.29) is 24.4 Å². The fourth-order valence-electron chi connectivity index (χ4n) is 2.09. The molecule has 1 aliphatic heterocycles. The highest BCUT2D eigenvalue weighted by atomic mass is 35.5. The van der Waals surface area contributed by atoms with E-state index in [1.807, 2.05) is 24.3 Å². The van der Waals surface area contributed by atoms with Crippen LogP contribution in [-0.2, 0) is 11.2 Å². The predicted octanol–water partition coefficient (Wildman–Crippen LogP) is 2.17. The zero-order valence-electron chi connectivity index (χ0n) is 10.1. The van der Waals surface area contributed by atoms with Gasteiger partial charge in [-0.15, -0.1) is 12.4 Å². The Kier molecular flexibility index (Phi) is 6.47. The van der Waals surface area contributed by atoms with Gasteiger partial charge in [0.2, 0.25) is 5.91 Å². The average molecular weight is 289 g/mol. The van der Waals surface area contributed by atoms with Gasteiger partial charge in [-0.25, -0.2) is 0 Å². The quantitative estimate of drug-likeness (QED) is 0.895. The first-order valence-corrected chi connectivity index (χ1v) is 6.36. The molecule has 1 aromatic rings. The largest absolute Gasteiger partial charge is 0.352 e. The van der Waals surface area contributed by atoms with Gasteiger partial charge in [0.15, 0.2) is 0 Å². The number of benzene rings is 1. The molecule has 0 aliphatic carbocycles. The highest BCUT2D eigenvalue weighted by molar-refractivity contribution is 6.30. The first-order valence-electron chi connectivity index (χ1n) is 5.98. The number of rotatable bonds is 3. The van der Waals surface area contributed by atoms with Crippen LogP contribution in [0.2, 0.25) is 5.02 Å². The Morgan fingerprint density at radius 3 is 3.00 bits per heavy atom. The number of halogens is 2. The molecule has 100 valence electrons. The van der Waals surface area contributed by atoms with Crippen LogP contribution in [0.1, 0.15) is 18.4 Å². The molecule has 1 saturated heterocycles. The molecule has 0 spiro atoms. The molecule has 1 fully saturated rings. The van der Waals surface area contributed by atoms with Crippen molar-refractivity contribution in [2.24, 2.45) is 0 Å². The molecule has 1 aliphatic rings. The summed E-state index contributed by atoms with van der Waals surface area (Å²) in [6, 6.07) is 7.71. The van der Waals surface area contributed by atoms with Crippen LogP contribution in [0.25, 0.3) is 0 Å². The lowest BCUT2D eigenvalue weighted by molar-refractivity contribution is -0.121. The van der Waals surface area contributed by atoms with E-state index in [1.54, 1.807) is 0 Å². The van der Waals surface area contributed by atoms with Crippen molar-refractivity contribution in [1.82, 2.24) is 10.6 Å². The lowest BCUT2D eigenvalue weighted by atomic mass is 10.1. The summed E-state index contributed by atoms with van der Waals surface area (Å²) in [6.07, 6.45) is 2.59. The van der Waals surface area contributed by atoms with Crippen molar-refractivity contribution < 1.29 is 4.79 Å². The molecule has 0 aromatic heterocycles. The average Bonchev–Trinajstić information content (AvgIpc) is 2.30. The third-order valence-corrected chi connectivity index (χ3v) is 3.15. The van der Waals surface area contributed by atoms with Crippen molar-refractivity contribution in [3.8, 4) is 0 Å². The van der Waals surface area contributed by atoms with Gasteiger partial charge in [0.1, 0.15) is 0 Å². The van der Waals surface area contributed by atoms with Crippen molar-refractivity contribution >= 4 is 29.9 Å². The van der Waals surface area contributed by atoms with Crippen molar-refractivity contribution in [3.63, 3.8) is 0 Å². The molecule has 1 amide bonds. The Bertz CT molecular complexity index is 392. The maximum atomic E-state index is 11.8. The summed E-state index contributed by atoms with van der Waals surface area (Å²) in [7, 11) is 0. The highest BCUT2D eigenvalue weighted by Crippen LogP contribution is 2.11. The number of carbonyl (C=O) groups excluding carboxylic acids is 1. The van der Waals surface area contributed by atoms with Crippen molar-refractivity contribution in [1.29, 1.82) is 0 Å². The van der Waals surface area contributed by atoms with E-state index >= 15 is 0 Å². The van der Waals surface area contributed by atoms with Crippen LogP contribution in [0, 0.1) is 0 Å². The molecule has 1 atom stereocenters. The van der Waals surface area contributed by atoms with Gasteiger partial charge in [-0.2, -0.15) is 0 Å². The topological polar surface area (TPSA) is 41.1 Å². The monoisotopic (exact) mass is 288 g/mol. The number of carbonyl (C=O) groups is 1. The van der Waals surface area contributed by atoms with Crippen LogP contribution in [0.3, 0.4) is 0 Å². The molecule has 1 heterocycles. The molecule has 5 heteroatoms. The number of amides is 1. The van der Waals surface area contributed by atoms with Crippen LogP contribution in [-0.4, -0.2) is 25.0 Å². The third-order valence-electron chi connectivity index (χ3n) is 2.92. The maximum absolute atomic E-state index is 11.8. The summed E-state index contributed by atoms with van der Waals surface area (Å²) in [4.78, 5) is 11.8. The van der Waals surface area contributed by atoms with Gasteiger partial charge in [-0.3, -0.25) is 4.79 Å². The van der Waals surface area contributed by atoms with E-state index in [9.17, 15) is 4.79 Å². The van der Waals surface area contributed by atoms with Gasteiger partial charge in [-0.1, -0.05) is 23.7 Å². The van der Waals surface area contributed by atoms with Crippen molar-refractivity contribution in [2.45, 2.75) is 25.3 Å². The molecule has 0 radical (unpaired) electrons. The van der Waals surface area contributed by atoms with Crippen molar-refractivity contribution in [3.05, 3.63) is 34.9 Å². The third kappa shape index (κ3) is 4.84. The Morgan fingerprint density at radius 2 is 2.33 bits per heavy atom. The molecule has 0 saturated carbocycles. The molecule has 0 bridgehead atoms. The Balaban J connectivity index is 0.00000162. The number of hydrogen-bond donors (Lipinski definition) is 2. The van der Waals surface area contributed by atoms with Crippen molar-refractivity contribution in [2.75, 3.05) is 13.1 Å². The molecule has 2 N–H and O–H groups in total. The Labute approximate surface area is 119 Å². The molecule has 2 rings (SSSR count). The molecular weight excluding hydrogens is 271 g/mol. The fourth-order valence-corrected chi connectivity index (χ4v) is 2.30. The Morgan fingerprint density at radius 1 is 1.50 bits per heavy atom. The van der Waals surface area contributed by atoms with E-state index < -0.39 is 0 Å². The van der Waals surface area contributed by atoms with Crippen LogP contribution >= 0.6 is 24.0 Å². The second kappa shape index (κ2) is 7.62. The first-order chi connectivity index (χ1) is 8.24. The molecule has 1 unspecified atom stereocenters. The van der Waals surface area contributed by atoms with E-state index in [0.717, 1.165) is 31.5 Å². The standard InChI is InChI=1S/C13H17ClN2O.ClH/c14-11-4-1-3-10(7-11)8-13(17)16-12-5-2-6-15-9-12;/h1,3-4,7,12,15H,2,5-6,8-9H2,(H,16,17);1H. The van der Waals surface area contributed by atoms with Crippen LogP contribution in [0.4, 0.5) is 0 Å². The smallest absolute Gasteiger partial charge is 0.224 e. The van der Waals surface area contributed by atoms with Crippen LogP contribution in [0.5, 0.6) is 0 Å². The second-order valence-corrected chi connectivity index (χ2v) is 4.85. The van der Waals surface area contributed by atoms with Crippen LogP contribution < -0.4 is 10.6 Å². The minimum absolute atomic E-state index is 0. The predicted molar refractivity (Wildman–Crippen MR) is 76.4 cm³/mol. The van der Waals surface area contributed by atoms with Crippen LogP contribution in [0.15, 0.2) is 24.3 Å². The highest BCUT2D eigenvalue weighted by Gasteiger charge is 2.15. The normalized spacial score (nSPS) is 18.8. The first kappa shape index (κ1) is 15.3. The van der Waals surface area contributed by atoms with Gasteiger partial charge in [0, 0.05) is 17.6 Å². The maximum Gasteiger partial charge on any atom is 0.224 e. The lowest BCUT2D eigenvalue weighted by Gasteiger charge is -2.23.